The van der Waals surface area contributed by atoms with Gasteiger partial charge in [0.25, 0.3) is 0 Å². The quantitative estimate of drug-likeness (QED) is 0.755. The van der Waals surface area contributed by atoms with Crippen molar-refractivity contribution in [2.45, 2.75) is 25.4 Å². The van der Waals surface area contributed by atoms with Crippen molar-refractivity contribution in [1.82, 2.24) is 10.6 Å². The number of nitriles is 1. The van der Waals surface area contributed by atoms with E-state index in [0.717, 1.165) is 5.56 Å². The van der Waals surface area contributed by atoms with Gasteiger partial charge in [-0.05, 0) is 24.1 Å². The molecule has 1 aliphatic heterocycles. The lowest BCUT2D eigenvalue weighted by molar-refractivity contribution is -0.134. The summed E-state index contributed by atoms with van der Waals surface area (Å²) in [6, 6.07) is 8.89. The summed E-state index contributed by atoms with van der Waals surface area (Å²) >= 11 is 0. The fraction of sp³-hybridized carbons (Fsp3) is 0.308. The van der Waals surface area contributed by atoms with Gasteiger partial charge in [0.05, 0.1) is 17.7 Å². The first-order valence-electron chi connectivity index (χ1n) is 5.75. The van der Waals surface area contributed by atoms with Crippen LogP contribution in [-0.2, 0) is 16.1 Å². The SMILES string of the molecule is N#Cc1ccc(CNC2CCC(=O)NC2=O)cc1. The second kappa shape index (κ2) is 5.43. The lowest BCUT2D eigenvalue weighted by atomic mass is 10.1. The van der Waals surface area contributed by atoms with Gasteiger partial charge < -0.3 is 5.32 Å². The summed E-state index contributed by atoms with van der Waals surface area (Å²) in [5.74, 6) is -0.476. The van der Waals surface area contributed by atoms with Crippen LogP contribution in [0, 0.1) is 11.3 Å². The van der Waals surface area contributed by atoms with Gasteiger partial charge in [-0.15, -0.1) is 0 Å². The molecular formula is C13H13N3O2. The molecule has 1 atom stereocenters. The lowest BCUT2D eigenvalue weighted by Crippen LogP contribution is -2.50. The van der Waals surface area contributed by atoms with E-state index in [-0.39, 0.29) is 17.9 Å². The molecule has 1 aromatic carbocycles. The molecule has 5 heteroatoms. The zero-order chi connectivity index (χ0) is 13.0. The summed E-state index contributed by atoms with van der Waals surface area (Å²) in [5, 5.41) is 14.1. The number of rotatable bonds is 3. The number of piperidine rings is 1. The Bertz CT molecular complexity index is 502. The van der Waals surface area contributed by atoms with Gasteiger partial charge in [0, 0.05) is 13.0 Å². The van der Waals surface area contributed by atoms with Crippen LogP contribution in [0.2, 0.25) is 0 Å². The molecule has 18 heavy (non-hydrogen) atoms. The van der Waals surface area contributed by atoms with Gasteiger partial charge in [0.2, 0.25) is 11.8 Å². The summed E-state index contributed by atoms with van der Waals surface area (Å²) in [5.41, 5.74) is 1.61. The van der Waals surface area contributed by atoms with Crippen LogP contribution in [-0.4, -0.2) is 17.9 Å². The Morgan fingerprint density at radius 3 is 2.67 bits per heavy atom. The van der Waals surface area contributed by atoms with E-state index in [4.69, 9.17) is 5.26 Å². The maximum atomic E-state index is 11.5. The topological polar surface area (TPSA) is 82.0 Å². The summed E-state index contributed by atoms with van der Waals surface area (Å²) in [7, 11) is 0. The standard InChI is InChI=1S/C13H13N3O2/c14-7-9-1-3-10(4-2-9)8-15-11-5-6-12(17)16-13(11)18/h1-4,11,15H,5-6,8H2,(H,16,17,18). The molecule has 92 valence electrons. The van der Waals surface area contributed by atoms with Crippen molar-refractivity contribution < 1.29 is 9.59 Å². The van der Waals surface area contributed by atoms with Crippen molar-refractivity contribution in [1.29, 1.82) is 5.26 Å². The van der Waals surface area contributed by atoms with Crippen molar-refractivity contribution >= 4 is 11.8 Å². The van der Waals surface area contributed by atoms with E-state index >= 15 is 0 Å². The maximum absolute atomic E-state index is 11.5. The largest absolute Gasteiger partial charge is 0.302 e. The molecule has 0 spiro atoms. The van der Waals surface area contributed by atoms with Gasteiger partial charge >= 0.3 is 0 Å². The Balaban J connectivity index is 1.89. The van der Waals surface area contributed by atoms with Gasteiger partial charge in [-0.3, -0.25) is 14.9 Å². The third-order valence-electron chi connectivity index (χ3n) is 2.87. The number of amides is 2. The van der Waals surface area contributed by atoms with Crippen LogP contribution in [0.15, 0.2) is 24.3 Å². The number of benzene rings is 1. The second-order valence-electron chi connectivity index (χ2n) is 4.19. The van der Waals surface area contributed by atoms with Crippen LogP contribution in [0.5, 0.6) is 0 Å². The highest BCUT2D eigenvalue weighted by atomic mass is 16.2. The van der Waals surface area contributed by atoms with E-state index < -0.39 is 0 Å². The molecule has 2 N–H and O–H groups in total. The van der Waals surface area contributed by atoms with E-state index in [9.17, 15) is 9.59 Å². The average molecular weight is 243 g/mol. The van der Waals surface area contributed by atoms with E-state index in [2.05, 4.69) is 10.6 Å². The Labute approximate surface area is 105 Å². The van der Waals surface area contributed by atoms with Crippen molar-refractivity contribution in [3.63, 3.8) is 0 Å². The number of carbonyl (C=O) groups excluding carboxylic acids is 2. The second-order valence-corrected chi connectivity index (χ2v) is 4.19. The van der Waals surface area contributed by atoms with E-state index in [0.29, 0.717) is 24.9 Å². The zero-order valence-electron chi connectivity index (χ0n) is 9.77. The summed E-state index contributed by atoms with van der Waals surface area (Å²) in [6.45, 7) is 0.540. The van der Waals surface area contributed by atoms with Crippen molar-refractivity contribution in [2.75, 3.05) is 0 Å². The van der Waals surface area contributed by atoms with Gasteiger partial charge in [-0.2, -0.15) is 5.26 Å². The monoisotopic (exact) mass is 243 g/mol. The highest BCUT2D eigenvalue weighted by molar-refractivity contribution is 6.00. The molecule has 0 saturated carbocycles. The zero-order valence-corrected chi connectivity index (χ0v) is 9.77. The van der Waals surface area contributed by atoms with Crippen LogP contribution in [0.1, 0.15) is 24.0 Å². The molecule has 1 aliphatic rings. The van der Waals surface area contributed by atoms with E-state index in [1.165, 1.54) is 0 Å². The minimum atomic E-state index is -0.321. The first-order chi connectivity index (χ1) is 8.69. The van der Waals surface area contributed by atoms with Crippen LogP contribution in [0.3, 0.4) is 0 Å². The highest BCUT2D eigenvalue weighted by Gasteiger charge is 2.25. The van der Waals surface area contributed by atoms with Crippen molar-refractivity contribution in [3.05, 3.63) is 35.4 Å². The lowest BCUT2D eigenvalue weighted by Gasteiger charge is -2.21. The third kappa shape index (κ3) is 2.93. The molecule has 5 nitrogen and oxygen atoms in total. The number of hydrogen-bond acceptors (Lipinski definition) is 4. The summed E-state index contributed by atoms with van der Waals surface area (Å²) in [4.78, 5) is 22.5. The fourth-order valence-electron chi connectivity index (χ4n) is 1.83. The van der Waals surface area contributed by atoms with Crippen molar-refractivity contribution in [2.24, 2.45) is 0 Å². The smallest absolute Gasteiger partial charge is 0.243 e. The Kier molecular flexibility index (Phi) is 3.70. The van der Waals surface area contributed by atoms with Gasteiger partial charge in [-0.1, -0.05) is 12.1 Å². The average Bonchev–Trinajstić information content (AvgIpc) is 2.38. The molecule has 2 rings (SSSR count). The molecule has 1 fully saturated rings. The predicted octanol–water partition coefficient (Wildman–Crippen LogP) is 0.453. The number of imide groups is 1. The van der Waals surface area contributed by atoms with Gasteiger partial charge in [0.15, 0.2) is 0 Å². The molecule has 1 saturated heterocycles. The Morgan fingerprint density at radius 2 is 2.06 bits per heavy atom. The number of nitrogens with zero attached hydrogens (tertiary/aromatic N) is 1. The minimum Gasteiger partial charge on any atom is -0.302 e. The van der Waals surface area contributed by atoms with Crippen LogP contribution < -0.4 is 10.6 Å². The first kappa shape index (κ1) is 12.3. The predicted molar refractivity (Wildman–Crippen MR) is 64.2 cm³/mol. The molecular weight excluding hydrogens is 230 g/mol. The minimum absolute atomic E-state index is 0.212. The molecule has 2 amide bonds. The molecule has 0 radical (unpaired) electrons. The number of carbonyl (C=O) groups is 2. The van der Waals surface area contributed by atoms with E-state index in [1.54, 1.807) is 12.1 Å². The summed E-state index contributed by atoms with van der Waals surface area (Å²) in [6.07, 6.45) is 0.901. The molecule has 1 heterocycles. The van der Waals surface area contributed by atoms with Crippen LogP contribution in [0.4, 0.5) is 0 Å². The Hall–Kier alpha value is -2.19. The highest BCUT2D eigenvalue weighted by Crippen LogP contribution is 2.07. The normalized spacial score (nSPS) is 19.2. The fourth-order valence-corrected chi connectivity index (χ4v) is 1.83. The van der Waals surface area contributed by atoms with E-state index in [1.807, 2.05) is 18.2 Å². The van der Waals surface area contributed by atoms with Crippen LogP contribution >= 0.6 is 0 Å². The van der Waals surface area contributed by atoms with Crippen molar-refractivity contribution in [3.8, 4) is 6.07 Å². The molecule has 1 aromatic rings. The van der Waals surface area contributed by atoms with Gasteiger partial charge in [-0.25, -0.2) is 0 Å². The molecule has 0 aromatic heterocycles. The molecule has 0 bridgehead atoms. The molecule has 1 unspecified atom stereocenters. The Morgan fingerprint density at radius 1 is 1.33 bits per heavy atom. The molecule has 0 aliphatic carbocycles. The maximum Gasteiger partial charge on any atom is 0.243 e. The van der Waals surface area contributed by atoms with Crippen LogP contribution in [0.25, 0.3) is 0 Å². The number of hydrogen-bond donors (Lipinski definition) is 2. The number of nitrogens with one attached hydrogen (secondary N) is 2. The third-order valence-corrected chi connectivity index (χ3v) is 2.87. The first-order valence-corrected chi connectivity index (χ1v) is 5.75. The van der Waals surface area contributed by atoms with Gasteiger partial charge in [0.1, 0.15) is 0 Å². The summed E-state index contributed by atoms with van der Waals surface area (Å²) < 4.78 is 0.